The van der Waals surface area contributed by atoms with E-state index >= 15 is 0 Å². The van der Waals surface area contributed by atoms with Crippen molar-refractivity contribution in [2.24, 2.45) is 0 Å². The molecule has 0 aliphatic heterocycles. The summed E-state index contributed by atoms with van der Waals surface area (Å²) in [5, 5.41) is 0. The molecule has 1 heterocycles. The van der Waals surface area contributed by atoms with Crippen molar-refractivity contribution in [1.82, 2.24) is 4.98 Å². The quantitative estimate of drug-likeness (QED) is 0.675. The van der Waals surface area contributed by atoms with Crippen LogP contribution < -0.4 is 0 Å². The number of hydrogen-bond acceptors (Lipinski definition) is 2. The van der Waals surface area contributed by atoms with Crippen molar-refractivity contribution in [1.29, 1.82) is 0 Å². The van der Waals surface area contributed by atoms with Gasteiger partial charge in [0, 0.05) is 11.6 Å². The Morgan fingerprint density at radius 1 is 0.900 bits per heavy atom. The van der Waals surface area contributed by atoms with E-state index in [-0.39, 0.29) is 0 Å². The molecule has 2 nitrogen and oxygen atoms in total. The first-order valence-electron chi connectivity index (χ1n) is 6.57. The van der Waals surface area contributed by atoms with Crippen LogP contribution in [0.25, 0.3) is 23.5 Å². The molecule has 3 rings (SSSR count). The zero-order valence-corrected chi connectivity index (χ0v) is 11.3. The summed E-state index contributed by atoms with van der Waals surface area (Å²) in [5.74, 6) is 1.40. The lowest BCUT2D eigenvalue weighted by molar-refractivity contribution is 0.560. The summed E-state index contributed by atoms with van der Waals surface area (Å²) in [6.45, 7) is 2.08. The summed E-state index contributed by atoms with van der Waals surface area (Å²) in [5.41, 5.74) is 3.43. The van der Waals surface area contributed by atoms with Crippen LogP contribution >= 0.6 is 0 Å². The molecule has 98 valence electrons. The maximum atomic E-state index is 5.72. The molecule has 20 heavy (non-hydrogen) atoms. The van der Waals surface area contributed by atoms with Gasteiger partial charge in [0.15, 0.2) is 5.76 Å². The van der Waals surface area contributed by atoms with E-state index in [0.717, 1.165) is 16.9 Å². The Bertz CT molecular complexity index is 709. The van der Waals surface area contributed by atoms with Gasteiger partial charge in [-0.1, -0.05) is 60.2 Å². The Morgan fingerprint density at radius 2 is 1.65 bits per heavy atom. The van der Waals surface area contributed by atoms with E-state index in [2.05, 4.69) is 36.2 Å². The highest BCUT2D eigenvalue weighted by atomic mass is 16.4. The predicted octanol–water partition coefficient (Wildman–Crippen LogP) is 4.82. The highest BCUT2D eigenvalue weighted by Gasteiger charge is 2.03. The normalized spacial score (nSPS) is 11.1. The second-order valence-corrected chi connectivity index (χ2v) is 4.67. The van der Waals surface area contributed by atoms with Crippen LogP contribution in [0.5, 0.6) is 0 Å². The molecule has 0 radical (unpaired) electrons. The smallest absolute Gasteiger partial charge is 0.219 e. The number of hydrogen-bond donors (Lipinski definition) is 0. The fourth-order valence-electron chi connectivity index (χ4n) is 1.95. The zero-order chi connectivity index (χ0) is 13.8. The summed E-state index contributed by atoms with van der Waals surface area (Å²) < 4.78 is 5.72. The molecule has 0 fully saturated rings. The first-order chi connectivity index (χ1) is 9.81. The summed E-state index contributed by atoms with van der Waals surface area (Å²) in [7, 11) is 0. The molecule has 0 saturated carbocycles. The highest BCUT2D eigenvalue weighted by molar-refractivity contribution is 5.67. The molecule has 0 saturated heterocycles. The minimum absolute atomic E-state index is 0.615. The van der Waals surface area contributed by atoms with E-state index in [0.29, 0.717) is 5.89 Å². The first-order valence-corrected chi connectivity index (χ1v) is 6.57. The molecule has 0 aliphatic carbocycles. The molecule has 0 bridgehead atoms. The monoisotopic (exact) mass is 261 g/mol. The Balaban J connectivity index is 1.79. The summed E-state index contributed by atoms with van der Waals surface area (Å²) >= 11 is 0. The van der Waals surface area contributed by atoms with Gasteiger partial charge in [0.05, 0.1) is 6.20 Å². The number of nitrogens with zero attached hydrogens (tertiary/aromatic N) is 1. The molecule has 0 atom stereocenters. The molecule has 1 aromatic heterocycles. The van der Waals surface area contributed by atoms with Crippen molar-refractivity contribution in [2.45, 2.75) is 6.92 Å². The van der Waals surface area contributed by atoms with Gasteiger partial charge in [0.1, 0.15) is 0 Å². The van der Waals surface area contributed by atoms with Crippen LogP contribution in [0.1, 0.15) is 17.0 Å². The standard InChI is InChI=1S/C18H15NO/c1-14-7-9-15(10-8-14)11-12-18-19-13-17(20-18)16-5-3-2-4-6-16/h2-13H,1H3/b12-11+. The van der Waals surface area contributed by atoms with Crippen LogP contribution in [0, 0.1) is 6.92 Å². The lowest BCUT2D eigenvalue weighted by Gasteiger charge is -1.94. The van der Waals surface area contributed by atoms with Crippen LogP contribution in [-0.2, 0) is 0 Å². The van der Waals surface area contributed by atoms with E-state index in [1.165, 1.54) is 5.56 Å². The third-order valence-electron chi connectivity index (χ3n) is 3.08. The van der Waals surface area contributed by atoms with Gasteiger partial charge < -0.3 is 4.42 Å². The van der Waals surface area contributed by atoms with Crippen LogP contribution in [0.15, 0.2) is 65.2 Å². The van der Waals surface area contributed by atoms with Gasteiger partial charge >= 0.3 is 0 Å². The van der Waals surface area contributed by atoms with Crippen LogP contribution in [-0.4, -0.2) is 4.98 Å². The van der Waals surface area contributed by atoms with Gasteiger partial charge in [-0.3, -0.25) is 0 Å². The van der Waals surface area contributed by atoms with Crippen molar-refractivity contribution in [2.75, 3.05) is 0 Å². The van der Waals surface area contributed by atoms with E-state index in [1.54, 1.807) is 6.20 Å². The molecule has 0 N–H and O–H groups in total. The number of benzene rings is 2. The summed E-state index contributed by atoms with van der Waals surface area (Å²) in [6, 6.07) is 18.3. The lowest BCUT2D eigenvalue weighted by atomic mass is 10.1. The Labute approximate surface area is 118 Å². The van der Waals surface area contributed by atoms with Gasteiger partial charge in [-0.25, -0.2) is 4.98 Å². The van der Waals surface area contributed by atoms with E-state index in [4.69, 9.17) is 4.42 Å². The third kappa shape index (κ3) is 2.86. The molecule has 0 unspecified atom stereocenters. The van der Waals surface area contributed by atoms with Crippen LogP contribution in [0.3, 0.4) is 0 Å². The number of rotatable bonds is 3. The maximum Gasteiger partial charge on any atom is 0.219 e. The van der Waals surface area contributed by atoms with Crippen molar-refractivity contribution >= 4 is 12.2 Å². The topological polar surface area (TPSA) is 26.0 Å². The Kier molecular flexibility index (Phi) is 3.46. The van der Waals surface area contributed by atoms with Crippen molar-refractivity contribution in [3.8, 4) is 11.3 Å². The predicted molar refractivity (Wildman–Crippen MR) is 82.0 cm³/mol. The van der Waals surface area contributed by atoms with Crippen LogP contribution in [0.2, 0.25) is 0 Å². The summed E-state index contributed by atoms with van der Waals surface area (Å²) in [6.07, 6.45) is 5.64. The number of aromatic nitrogens is 1. The minimum Gasteiger partial charge on any atom is -0.437 e. The van der Waals surface area contributed by atoms with Crippen molar-refractivity contribution in [3.05, 3.63) is 77.8 Å². The molecule has 0 spiro atoms. The Morgan fingerprint density at radius 3 is 2.40 bits per heavy atom. The second kappa shape index (κ2) is 5.57. The van der Waals surface area contributed by atoms with Crippen molar-refractivity contribution in [3.63, 3.8) is 0 Å². The zero-order valence-electron chi connectivity index (χ0n) is 11.3. The number of aryl methyl sites for hydroxylation is 1. The maximum absolute atomic E-state index is 5.72. The third-order valence-corrected chi connectivity index (χ3v) is 3.08. The molecule has 0 amide bonds. The van der Waals surface area contributed by atoms with Crippen LogP contribution in [0.4, 0.5) is 0 Å². The molecule has 3 aromatic rings. The van der Waals surface area contributed by atoms with Gasteiger partial charge in [-0.15, -0.1) is 0 Å². The SMILES string of the molecule is Cc1ccc(/C=C/c2ncc(-c3ccccc3)o2)cc1. The molecule has 0 aliphatic rings. The average Bonchev–Trinajstić information content (AvgIpc) is 2.97. The lowest BCUT2D eigenvalue weighted by Crippen LogP contribution is -1.74. The van der Waals surface area contributed by atoms with E-state index in [1.807, 2.05) is 42.5 Å². The van der Waals surface area contributed by atoms with Crippen molar-refractivity contribution < 1.29 is 4.42 Å². The molecule has 2 aromatic carbocycles. The van der Waals surface area contributed by atoms with E-state index in [9.17, 15) is 0 Å². The van der Waals surface area contributed by atoms with Gasteiger partial charge in [-0.2, -0.15) is 0 Å². The first kappa shape index (κ1) is 12.4. The molecule has 2 heteroatoms. The van der Waals surface area contributed by atoms with Gasteiger partial charge in [0.2, 0.25) is 5.89 Å². The fraction of sp³-hybridized carbons (Fsp3) is 0.0556. The summed E-state index contributed by atoms with van der Waals surface area (Å²) in [4.78, 5) is 4.27. The highest BCUT2D eigenvalue weighted by Crippen LogP contribution is 2.20. The van der Waals surface area contributed by atoms with Gasteiger partial charge in [0.25, 0.3) is 0 Å². The second-order valence-electron chi connectivity index (χ2n) is 4.67. The fourth-order valence-corrected chi connectivity index (χ4v) is 1.95. The molecular formula is C18H15NO. The Hall–Kier alpha value is -2.61. The number of oxazole rings is 1. The van der Waals surface area contributed by atoms with E-state index < -0.39 is 0 Å². The average molecular weight is 261 g/mol. The van der Waals surface area contributed by atoms with Gasteiger partial charge in [-0.05, 0) is 18.6 Å². The minimum atomic E-state index is 0.615. The largest absolute Gasteiger partial charge is 0.437 e. The molecular weight excluding hydrogens is 246 g/mol.